The zero-order valence-corrected chi connectivity index (χ0v) is 15.8. The van der Waals surface area contributed by atoms with Gasteiger partial charge in [0.2, 0.25) is 0 Å². The van der Waals surface area contributed by atoms with Crippen LogP contribution in [0, 0.1) is 5.41 Å². The molecule has 0 atom stereocenters. The summed E-state index contributed by atoms with van der Waals surface area (Å²) in [6.07, 6.45) is 0.424. The predicted molar refractivity (Wildman–Crippen MR) is 100 cm³/mol. The first-order chi connectivity index (χ1) is 11.4. The lowest BCUT2D eigenvalue weighted by atomic mass is 9.88. The number of carbonyl (C=O) groups excluding carboxylic acids is 3. The van der Waals surface area contributed by atoms with E-state index in [1.807, 2.05) is 6.92 Å². The molecule has 0 saturated heterocycles. The van der Waals surface area contributed by atoms with Gasteiger partial charge in [-0.3, -0.25) is 14.4 Å². The van der Waals surface area contributed by atoms with Gasteiger partial charge in [-0.1, -0.05) is 43.6 Å². The zero-order chi connectivity index (χ0) is 18.4. The zero-order valence-electron chi connectivity index (χ0n) is 13.4. The Morgan fingerprint density at radius 1 is 0.750 bits per heavy atom. The molecular formula is C15H20O6S3. The van der Waals surface area contributed by atoms with E-state index in [9.17, 15) is 14.4 Å². The van der Waals surface area contributed by atoms with E-state index in [4.69, 9.17) is 14.2 Å². The van der Waals surface area contributed by atoms with Crippen molar-refractivity contribution in [3.63, 3.8) is 0 Å². The van der Waals surface area contributed by atoms with Gasteiger partial charge >= 0.3 is 17.9 Å². The first-order valence-electron chi connectivity index (χ1n) is 7.20. The average molecular weight is 393 g/mol. The third-order valence-electron chi connectivity index (χ3n) is 3.12. The molecule has 0 aromatic carbocycles. The molecule has 0 spiro atoms. The van der Waals surface area contributed by atoms with E-state index in [1.165, 1.54) is 16.1 Å². The van der Waals surface area contributed by atoms with Crippen molar-refractivity contribution in [2.24, 2.45) is 5.41 Å². The minimum absolute atomic E-state index is 0.00940. The Labute approximate surface area is 157 Å². The summed E-state index contributed by atoms with van der Waals surface area (Å²) in [6.45, 7) is 1.61. The van der Waals surface area contributed by atoms with Crippen LogP contribution in [0.5, 0.6) is 0 Å². The molecule has 0 heterocycles. The molecule has 0 saturated carbocycles. The first kappa shape index (κ1) is 22.7. The molecular weight excluding hydrogens is 372 g/mol. The highest BCUT2D eigenvalue weighted by Crippen LogP contribution is 2.24. The van der Waals surface area contributed by atoms with Crippen LogP contribution in [0.3, 0.4) is 0 Å². The Kier molecular flexibility index (Phi) is 12.3. The van der Waals surface area contributed by atoms with E-state index in [1.54, 1.807) is 0 Å². The van der Waals surface area contributed by atoms with Crippen molar-refractivity contribution < 1.29 is 28.6 Å². The van der Waals surface area contributed by atoms with Crippen LogP contribution in [0.15, 0.2) is 0 Å². The van der Waals surface area contributed by atoms with Crippen LogP contribution in [0.1, 0.15) is 32.6 Å². The summed E-state index contributed by atoms with van der Waals surface area (Å²) in [5, 5.41) is 3.78. The highest BCUT2D eigenvalue weighted by molar-refractivity contribution is 7.79. The smallest absolute Gasteiger partial charge is 0.310 e. The molecule has 0 aliphatic heterocycles. The molecule has 0 unspecified atom stereocenters. The van der Waals surface area contributed by atoms with Gasteiger partial charge in [0, 0.05) is 0 Å². The maximum absolute atomic E-state index is 11.5. The van der Waals surface area contributed by atoms with Gasteiger partial charge in [0.05, 0.1) is 24.7 Å². The molecule has 0 aliphatic rings. The van der Waals surface area contributed by atoms with E-state index in [-0.39, 0.29) is 39.1 Å². The Hall–Kier alpha value is -1.32. The Morgan fingerprint density at radius 2 is 1.04 bits per heavy atom. The summed E-state index contributed by atoms with van der Waals surface area (Å²) in [5.41, 5.74) is -0.842. The fraction of sp³-hybridized carbons (Fsp3) is 0.600. The van der Waals surface area contributed by atoms with Gasteiger partial charge < -0.3 is 14.2 Å². The molecule has 6 nitrogen and oxygen atoms in total. The van der Waals surface area contributed by atoms with Crippen LogP contribution in [-0.4, -0.2) is 53.8 Å². The summed E-state index contributed by atoms with van der Waals surface area (Å²) in [5.74, 6) is -1.50. The Bertz CT molecular complexity index is 413. The molecule has 0 aromatic heterocycles. The predicted octanol–water partition coefficient (Wildman–Crippen LogP) is 2.18. The highest BCUT2D eigenvalue weighted by atomic mass is 32.1. The fourth-order valence-corrected chi connectivity index (χ4v) is 1.92. The minimum Gasteiger partial charge on any atom is -0.465 e. The highest BCUT2D eigenvalue weighted by Gasteiger charge is 2.34. The number of hydrogen-bond donors (Lipinski definition) is 0. The number of carbonyl (C=O) groups is 3. The Balaban J connectivity index is 4.89. The van der Waals surface area contributed by atoms with E-state index >= 15 is 0 Å². The van der Waals surface area contributed by atoms with E-state index < -0.39 is 23.3 Å². The second-order valence-electron chi connectivity index (χ2n) is 4.95. The summed E-state index contributed by atoms with van der Waals surface area (Å²) >= 11 is 13.8. The van der Waals surface area contributed by atoms with Crippen molar-refractivity contribution in [1.29, 1.82) is 0 Å². The van der Waals surface area contributed by atoms with Gasteiger partial charge in [0.15, 0.2) is 0 Å². The number of hydrogen-bond acceptors (Lipinski definition) is 9. The van der Waals surface area contributed by atoms with Crippen molar-refractivity contribution in [2.45, 2.75) is 32.6 Å². The van der Waals surface area contributed by atoms with Gasteiger partial charge in [-0.05, 0) is 22.5 Å². The summed E-state index contributed by atoms with van der Waals surface area (Å²) < 4.78 is 15.4. The van der Waals surface area contributed by atoms with E-state index in [2.05, 4.69) is 36.7 Å². The maximum atomic E-state index is 11.5. The number of rotatable bonds is 13. The maximum Gasteiger partial charge on any atom is 0.310 e. The lowest BCUT2D eigenvalue weighted by Crippen LogP contribution is -2.39. The second kappa shape index (κ2) is 13.0. The van der Waals surface area contributed by atoms with Gasteiger partial charge in [-0.25, -0.2) is 0 Å². The first-order valence-corrected chi connectivity index (χ1v) is 8.62. The molecule has 0 amide bonds. The van der Waals surface area contributed by atoms with E-state index in [0.717, 1.165) is 0 Å². The molecule has 0 rings (SSSR count). The topological polar surface area (TPSA) is 78.9 Å². The third-order valence-corrected chi connectivity index (χ3v) is 3.62. The quantitative estimate of drug-likeness (QED) is 0.266. The van der Waals surface area contributed by atoms with Crippen LogP contribution in [0.25, 0.3) is 0 Å². The van der Waals surface area contributed by atoms with Crippen LogP contribution >= 0.6 is 36.7 Å². The van der Waals surface area contributed by atoms with Gasteiger partial charge in [0.25, 0.3) is 0 Å². The van der Waals surface area contributed by atoms with Gasteiger partial charge in [-0.15, -0.1) is 0 Å². The van der Waals surface area contributed by atoms with Crippen LogP contribution < -0.4 is 0 Å². The van der Waals surface area contributed by atoms with Gasteiger partial charge in [0.1, 0.15) is 19.8 Å². The normalized spacial score (nSPS) is 10.4. The fourth-order valence-electron chi connectivity index (χ4n) is 1.51. The number of ether oxygens (including phenoxy) is 3. The Morgan fingerprint density at radius 3 is 1.25 bits per heavy atom. The largest absolute Gasteiger partial charge is 0.465 e. The molecule has 0 bridgehead atoms. The van der Waals surface area contributed by atoms with Crippen molar-refractivity contribution >= 4 is 70.7 Å². The summed E-state index contributed by atoms with van der Waals surface area (Å²) in [4.78, 5) is 34.5. The number of thiocarbonyl (C=S) groups is 3. The third kappa shape index (κ3) is 9.74. The molecule has 9 heteroatoms. The van der Waals surface area contributed by atoms with Crippen molar-refractivity contribution in [3.05, 3.63) is 0 Å². The molecule has 0 aliphatic carbocycles. The van der Waals surface area contributed by atoms with Crippen LogP contribution in [-0.2, 0) is 28.6 Å². The van der Waals surface area contributed by atoms with Crippen LogP contribution in [0.4, 0.5) is 0 Å². The second-order valence-corrected chi connectivity index (χ2v) is 5.95. The molecule has 0 fully saturated rings. The molecule has 0 N–H and O–H groups in total. The van der Waals surface area contributed by atoms with Gasteiger partial charge in [-0.2, -0.15) is 0 Å². The minimum atomic E-state index is -0.842. The average Bonchev–Trinajstić information content (AvgIpc) is 2.55. The molecule has 0 aromatic rings. The monoisotopic (exact) mass is 392 g/mol. The molecule has 134 valence electrons. The summed E-state index contributed by atoms with van der Waals surface area (Å²) in [6, 6.07) is 0. The van der Waals surface area contributed by atoms with E-state index in [0.29, 0.717) is 6.42 Å². The van der Waals surface area contributed by atoms with Crippen molar-refractivity contribution in [3.8, 4) is 0 Å². The molecule has 0 radical (unpaired) electrons. The lowest BCUT2D eigenvalue weighted by molar-refractivity contribution is -0.160. The molecule has 24 heavy (non-hydrogen) atoms. The van der Waals surface area contributed by atoms with Crippen molar-refractivity contribution in [1.82, 2.24) is 0 Å². The number of esters is 3. The summed E-state index contributed by atoms with van der Waals surface area (Å²) in [7, 11) is 0. The SMILES string of the molecule is CCC(COC(=O)CC=S)(COC(=O)CC=S)COC(=O)CC=S. The van der Waals surface area contributed by atoms with Crippen molar-refractivity contribution in [2.75, 3.05) is 19.8 Å². The standard InChI is InChI=1S/C15H20O6S3/c1-2-15(9-19-12(16)3-6-22,10-20-13(17)4-7-23)11-21-14(18)5-8-24/h6-8H,2-5,9-11H2,1H3. The van der Waals surface area contributed by atoms with Crippen LogP contribution in [0.2, 0.25) is 0 Å². The lowest BCUT2D eigenvalue weighted by Gasteiger charge is -2.30.